The van der Waals surface area contributed by atoms with Gasteiger partial charge in [-0.25, -0.2) is 8.42 Å². The minimum atomic E-state index is -3.44. The predicted molar refractivity (Wildman–Crippen MR) is 96.0 cm³/mol. The highest BCUT2D eigenvalue weighted by molar-refractivity contribution is 7.89. The Morgan fingerprint density at radius 1 is 1.09 bits per heavy atom. The van der Waals surface area contributed by atoms with E-state index in [0.717, 1.165) is 13.1 Å². The molecule has 2 fully saturated rings. The molecule has 0 N–H and O–H groups in total. The van der Waals surface area contributed by atoms with Gasteiger partial charge >= 0.3 is 0 Å². The lowest BCUT2D eigenvalue weighted by molar-refractivity contribution is 0.139. The van der Waals surface area contributed by atoms with E-state index in [2.05, 4.69) is 4.90 Å². The van der Waals surface area contributed by atoms with Gasteiger partial charge in [-0.2, -0.15) is 4.31 Å². The maximum Gasteiger partial charge on any atom is 0.243 e. The van der Waals surface area contributed by atoms with E-state index in [0.29, 0.717) is 34.6 Å². The van der Waals surface area contributed by atoms with E-state index >= 15 is 0 Å². The van der Waals surface area contributed by atoms with Gasteiger partial charge in [0.15, 0.2) is 0 Å². The Labute approximate surface area is 150 Å². The predicted octanol–water partition coefficient (Wildman–Crippen LogP) is 3.32. The van der Waals surface area contributed by atoms with Gasteiger partial charge in [-0.3, -0.25) is 4.90 Å². The maximum absolute atomic E-state index is 12.8. The van der Waals surface area contributed by atoms with Crippen LogP contribution >= 0.6 is 24.0 Å². The summed E-state index contributed by atoms with van der Waals surface area (Å²) >= 11 is 6.08. The fourth-order valence-corrected chi connectivity index (χ4v) is 5.48. The van der Waals surface area contributed by atoms with E-state index < -0.39 is 10.0 Å². The van der Waals surface area contributed by atoms with Gasteiger partial charge in [-0.15, -0.1) is 12.4 Å². The highest BCUT2D eigenvalue weighted by atomic mass is 35.5. The average molecular weight is 379 g/mol. The molecule has 1 aliphatic heterocycles. The van der Waals surface area contributed by atoms with Gasteiger partial charge in [-0.1, -0.05) is 30.5 Å². The Morgan fingerprint density at radius 2 is 1.70 bits per heavy atom. The average Bonchev–Trinajstić information content (AvgIpc) is 3.04. The van der Waals surface area contributed by atoms with Crippen molar-refractivity contribution in [2.75, 3.05) is 26.2 Å². The largest absolute Gasteiger partial charge is 0.298 e. The van der Waals surface area contributed by atoms with Crippen LogP contribution in [0.5, 0.6) is 0 Å². The first-order valence-electron chi connectivity index (χ1n) is 7.99. The van der Waals surface area contributed by atoms with Crippen molar-refractivity contribution in [2.45, 2.75) is 43.5 Å². The fourth-order valence-electron chi connectivity index (χ4n) is 3.58. The summed E-state index contributed by atoms with van der Waals surface area (Å²) in [5, 5.41) is 0.505. The molecular weight excluding hydrogens is 355 g/mol. The SMILES string of the molecule is Cc1c(Cl)cccc1S(=O)(=O)N1CCN(C2CCCC2)CC1.Cl. The lowest BCUT2D eigenvalue weighted by atomic mass is 10.2. The summed E-state index contributed by atoms with van der Waals surface area (Å²) in [5.41, 5.74) is 0.641. The molecule has 0 radical (unpaired) electrons. The summed E-state index contributed by atoms with van der Waals surface area (Å²) in [4.78, 5) is 2.80. The summed E-state index contributed by atoms with van der Waals surface area (Å²) in [6, 6.07) is 5.75. The van der Waals surface area contributed by atoms with Crippen LogP contribution in [0.2, 0.25) is 5.02 Å². The second-order valence-corrected chi connectivity index (χ2v) is 8.55. The number of rotatable bonds is 3. The van der Waals surface area contributed by atoms with E-state index in [4.69, 9.17) is 11.6 Å². The monoisotopic (exact) mass is 378 g/mol. The normalized spacial score (nSPS) is 21.3. The van der Waals surface area contributed by atoms with E-state index in [1.165, 1.54) is 25.7 Å². The minimum absolute atomic E-state index is 0. The van der Waals surface area contributed by atoms with Crippen LogP contribution < -0.4 is 0 Å². The molecular formula is C16H24Cl2N2O2S. The smallest absolute Gasteiger partial charge is 0.243 e. The van der Waals surface area contributed by atoms with Crippen molar-refractivity contribution in [3.8, 4) is 0 Å². The quantitative estimate of drug-likeness (QED) is 0.809. The third kappa shape index (κ3) is 3.85. The van der Waals surface area contributed by atoms with Crippen molar-refractivity contribution in [1.82, 2.24) is 9.21 Å². The van der Waals surface area contributed by atoms with Gasteiger partial charge in [0.05, 0.1) is 4.90 Å². The number of nitrogens with zero attached hydrogens (tertiary/aromatic N) is 2. The Hall–Kier alpha value is -0.330. The van der Waals surface area contributed by atoms with E-state index in [9.17, 15) is 8.42 Å². The second kappa shape index (κ2) is 7.70. The van der Waals surface area contributed by atoms with Crippen molar-refractivity contribution in [1.29, 1.82) is 0 Å². The lowest BCUT2D eigenvalue weighted by Crippen LogP contribution is -2.51. The molecule has 23 heavy (non-hydrogen) atoms. The van der Waals surface area contributed by atoms with Gasteiger partial charge in [0.1, 0.15) is 0 Å². The molecule has 2 aliphatic rings. The Bertz CT molecular complexity index is 637. The number of halogens is 2. The van der Waals surface area contributed by atoms with Crippen molar-refractivity contribution in [3.63, 3.8) is 0 Å². The van der Waals surface area contributed by atoms with E-state index in [1.807, 2.05) is 0 Å². The summed E-state index contributed by atoms with van der Waals surface area (Å²) in [6.45, 7) is 4.59. The maximum atomic E-state index is 12.8. The summed E-state index contributed by atoms with van der Waals surface area (Å²) in [6.07, 6.45) is 5.15. The molecule has 0 spiro atoms. The Balaban J connectivity index is 0.00000192. The van der Waals surface area contributed by atoms with Crippen LogP contribution in [0.25, 0.3) is 0 Å². The molecule has 0 unspecified atom stereocenters. The van der Waals surface area contributed by atoms with Crippen LogP contribution in [0.4, 0.5) is 0 Å². The number of hydrogen-bond donors (Lipinski definition) is 0. The van der Waals surface area contributed by atoms with Crippen LogP contribution in [0.15, 0.2) is 23.1 Å². The molecule has 1 saturated carbocycles. The molecule has 1 saturated heterocycles. The van der Waals surface area contributed by atoms with Crippen molar-refractivity contribution in [2.24, 2.45) is 0 Å². The number of sulfonamides is 1. The molecule has 0 atom stereocenters. The highest BCUT2D eigenvalue weighted by Gasteiger charge is 2.32. The van der Waals surface area contributed by atoms with Crippen molar-refractivity contribution >= 4 is 34.0 Å². The molecule has 1 aromatic carbocycles. The zero-order valence-electron chi connectivity index (χ0n) is 13.4. The van der Waals surface area contributed by atoms with Gasteiger partial charge in [0.25, 0.3) is 0 Å². The summed E-state index contributed by atoms with van der Waals surface area (Å²) in [7, 11) is -3.44. The zero-order valence-corrected chi connectivity index (χ0v) is 15.8. The highest BCUT2D eigenvalue weighted by Crippen LogP contribution is 2.28. The molecule has 1 aliphatic carbocycles. The summed E-state index contributed by atoms with van der Waals surface area (Å²) in [5.74, 6) is 0. The minimum Gasteiger partial charge on any atom is -0.298 e. The van der Waals surface area contributed by atoms with Crippen LogP contribution in [0.3, 0.4) is 0 Å². The molecule has 3 rings (SSSR count). The zero-order chi connectivity index (χ0) is 15.7. The fraction of sp³-hybridized carbons (Fsp3) is 0.625. The van der Waals surface area contributed by atoms with E-state index in [1.54, 1.807) is 29.4 Å². The molecule has 0 bridgehead atoms. The molecule has 1 aromatic rings. The molecule has 0 amide bonds. The third-order valence-corrected chi connectivity index (χ3v) is 7.40. The first-order valence-corrected chi connectivity index (χ1v) is 9.81. The standard InChI is InChI=1S/C16H23ClN2O2S.ClH/c1-13-15(17)7-4-8-16(13)22(20,21)19-11-9-18(10-12-19)14-5-2-3-6-14;/h4,7-8,14H,2-3,5-6,9-12H2,1H3;1H. The van der Waals surface area contributed by atoms with Gasteiger partial charge < -0.3 is 0 Å². The lowest BCUT2D eigenvalue weighted by Gasteiger charge is -2.37. The topological polar surface area (TPSA) is 40.6 Å². The van der Waals surface area contributed by atoms with Crippen molar-refractivity contribution < 1.29 is 8.42 Å². The van der Waals surface area contributed by atoms with Gasteiger partial charge in [0, 0.05) is 37.2 Å². The van der Waals surface area contributed by atoms with Crippen LogP contribution in [0.1, 0.15) is 31.2 Å². The number of benzene rings is 1. The van der Waals surface area contributed by atoms with Crippen LogP contribution in [-0.2, 0) is 10.0 Å². The second-order valence-electron chi connectivity index (χ2n) is 6.24. The van der Waals surface area contributed by atoms with Gasteiger partial charge in [-0.05, 0) is 37.5 Å². The summed E-state index contributed by atoms with van der Waals surface area (Å²) < 4.78 is 27.3. The molecule has 4 nitrogen and oxygen atoms in total. The number of hydrogen-bond acceptors (Lipinski definition) is 3. The first-order chi connectivity index (χ1) is 10.5. The van der Waals surface area contributed by atoms with E-state index in [-0.39, 0.29) is 12.4 Å². The number of piperazine rings is 1. The Kier molecular flexibility index (Phi) is 6.36. The molecule has 0 aromatic heterocycles. The molecule has 7 heteroatoms. The molecule has 130 valence electrons. The van der Waals surface area contributed by atoms with Crippen LogP contribution in [0, 0.1) is 6.92 Å². The first kappa shape index (κ1) is 19.0. The third-order valence-electron chi connectivity index (χ3n) is 4.95. The van der Waals surface area contributed by atoms with Crippen molar-refractivity contribution in [3.05, 3.63) is 28.8 Å². The molecule has 1 heterocycles. The van der Waals surface area contributed by atoms with Gasteiger partial charge in [0.2, 0.25) is 10.0 Å². The Morgan fingerprint density at radius 3 is 2.30 bits per heavy atom. The van der Waals surface area contributed by atoms with Crippen LogP contribution in [-0.4, -0.2) is 49.8 Å².